The Morgan fingerprint density at radius 3 is 2.50 bits per heavy atom. The van der Waals surface area contributed by atoms with Gasteiger partial charge in [0.25, 0.3) is 0 Å². The topological polar surface area (TPSA) is 26.3 Å². The van der Waals surface area contributed by atoms with Crippen LogP contribution in [-0.4, -0.2) is 6.29 Å². The summed E-state index contributed by atoms with van der Waals surface area (Å²) < 4.78 is 6.88. The Morgan fingerprint density at radius 1 is 1.10 bits per heavy atom. The second kappa shape index (κ2) is 6.23. The molecule has 2 aromatic rings. The summed E-state index contributed by atoms with van der Waals surface area (Å²) in [6, 6.07) is 11.5. The zero-order chi connectivity index (χ0) is 14.7. The van der Waals surface area contributed by atoms with Crippen LogP contribution in [0, 0.1) is 6.92 Å². The molecule has 0 fully saturated rings. The van der Waals surface area contributed by atoms with Gasteiger partial charge in [-0.05, 0) is 48.2 Å². The lowest BCUT2D eigenvalue weighted by molar-refractivity contribution is 0.112. The highest BCUT2D eigenvalue weighted by Crippen LogP contribution is 2.33. The van der Waals surface area contributed by atoms with Crippen molar-refractivity contribution in [1.29, 1.82) is 0 Å². The number of ether oxygens (including phenoxy) is 1. The fraction of sp³-hybridized carbons (Fsp3) is 0.235. The molecule has 0 bridgehead atoms. The monoisotopic (exact) mass is 332 g/mol. The van der Waals surface area contributed by atoms with E-state index < -0.39 is 0 Å². The molecule has 0 spiro atoms. The highest BCUT2D eigenvalue weighted by atomic mass is 79.9. The predicted molar refractivity (Wildman–Crippen MR) is 84.9 cm³/mol. The van der Waals surface area contributed by atoms with E-state index in [2.05, 4.69) is 41.9 Å². The van der Waals surface area contributed by atoms with Crippen LogP contribution in [0.2, 0.25) is 0 Å². The van der Waals surface area contributed by atoms with Crippen LogP contribution < -0.4 is 4.74 Å². The van der Waals surface area contributed by atoms with Crippen molar-refractivity contribution in [2.45, 2.75) is 26.7 Å². The van der Waals surface area contributed by atoms with Gasteiger partial charge >= 0.3 is 0 Å². The molecule has 2 nitrogen and oxygen atoms in total. The minimum absolute atomic E-state index is 0.359. The van der Waals surface area contributed by atoms with Crippen LogP contribution in [0.15, 0.2) is 40.9 Å². The van der Waals surface area contributed by atoms with Gasteiger partial charge in [-0.1, -0.05) is 41.9 Å². The Balaban J connectivity index is 2.46. The minimum atomic E-state index is 0.359. The molecule has 0 saturated carbocycles. The fourth-order valence-corrected chi connectivity index (χ4v) is 2.36. The highest BCUT2D eigenvalue weighted by Gasteiger charge is 2.11. The van der Waals surface area contributed by atoms with Gasteiger partial charge in [-0.3, -0.25) is 4.79 Å². The first kappa shape index (κ1) is 14.8. The summed E-state index contributed by atoms with van der Waals surface area (Å²) in [6.07, 6.45) is 0.812. The Kier molecular flexibility index (Phi) is 4.61. The lowest BCUT2D eigenvalue weighted by Gasteiger charge is -2.15. The van der Waals surface area contributed by atoms with Gasteiger partial charge in [0.15, 0.2) is 6.29 Å². The van der Waals surface area contributed by atoms with Crippen molar-refractivity contribution < 1.29 is 9.53 Å². The van der Waals surface area contributed by atoms with Crippen molar-refractivity contribution in [3.05, 3.63) is 57.6 Å². The van der Waals surface area contributed by atoms with Crippen molar-refractivity contribution in [2.24, 2.45) is 0 Å². The van der Waals surface area contributed by atoms with E-state index >= 15 is 0 Å². The quantitative estimate of drug-likeness (QED) is 0.692. The zero-order valence-electron chi connectivity index (χ0n) is 11.8. The number of carbonyl (C=O) groups excluding carboxylic acids is 1. The average Bonchev–Trinajstić information content (AvgIpc) is 2.38. The molecule has 0 saturated heterocycles. The number of aldehydes is 1. The third-order valence-corrected chi connectivity index (χ3v) is 3.61. The molecule has 2 aromatic carbocycles. The van der Waals surface area contributed by atoms with Crippen molar-refractivity contribution in [1.82, 2.24) is 0 Å². The van der Waals surface area contributed by atoms with E-state index in [4.69, 9.17) is 4.74 Å². The standard InChI is InChI=1S/C17H17BrO2/c1-11(2)15-7-4-12(3)8-17(15)20-16-9-14(18)6-5-13(16)10-19/h4-11H,1-3H3. The maximum absolute atomic E-state index is 11.1. The molecular formula is C17H17BrO2. The van der Waals surface area contributed by atoms with Crippen molar-refractivity contribution in [3.63, 3.8) is 0 Å². The molecule has 0 aliphatic heterocycles. The average molecular weight is 333 g/mol. The van der Waals surface area contributed by atoms with E-state index in [9.17, 15) is 4.79 Å². The third kappa shape index (κ3) is 3.28. The molecule has 0 aliphatic carbocycles. The molecule has 104 valence electrons. The molecule has 2 rings (SSSR count). The summed E-state index contributed by atoms with van der Waals surface area (Å²) in [5.41, 5.74) is 2.81. The second-order valence-corrected chi connectivity index (χ2v) is 6.01. The van der Waals surface area contributed by atoms with Gasteiger partial charge in [0, 0.05) is 4.47 Å². The molecule has 20 heavy (non-hydrogen) atoms. The summed E-state index contributed by atoms with van der Waals surface area (Å²) in [6.45, 7) is 6.27. The van der Waals surface area contributed by atoms with Crippen molar-refractivity contribution >= 4 is 22.2 Å². The third-order valence-electron chi connectivity index (χ3n) is 3.11. The van der Waals surface area contributed by atoms with Gasteiger partial charge < -0.3 is 4.74 Å². The molecule has 0 aliphatic rings. The molecule has 0 unspecified atom stereocenters. The Hall–Kier alpha value is -1.61. The molecule has 0 N–H and O–H groups in total. The van der Waals surface area contributed by atoms with Crippen LogP contribution in [0.1, 0.15) is 41.3 Å². The Labute approximate surface area is 127 Å². The van der Waals surface area contributed by atoms with E-state index in [0.29, 0.717) is 17.2 Å². The number of aryl methyl sites for hydroxylation is 1. The lowest BCUT2D eigenvalue weighted by Crippen LogP contribution is -1.97. The van der Waals surface area contributed by atoms with Gasteiger partial charge in [0.2, 0.25) is 0 Å². The van der Waals surface area contributed by atoms with Crippen molar-refractivity contribution in [3.8, 4) is 11.5 Å². The number of hydrogen-bond acceptors (Lipinski definition) is 2. The van der Waals surface area contributed by atoms with E-state index in [1.54, 1.807) is 6.07 Å². The molecule has 0 atom stereocenters. The molecule has 0 amide bonds. The first-order chi connectivity index (χ1) is 9.51. The predicted octanol–water partition coefficient (Wildman–Crippen LogP) is 5.49. The first-order valence-electron chi connectivity index (χ1n) is 6.54. The van der Waals surface area contributed by atoms with Gasteiger partial charge in [-0.15, -0.1) is 0 Å². The van der Waals surface area contributed by atoms with E-state index in [1.165, 1.54) is 0 Å². The fourth-order valence-electron chi connectivity index (χ4n) is 2.02. The van der Waals surface area contributed by atoms with Crippen LogP contribution in [0.25, 0.3) is 0 Å². The normalized spacial score (nSPS) is 10.7. The van der Waals surface area contributed by atoms with Gasteiger partial charge in [0.1, 0.15) is 11.5 Å². The second-order valence-electron chi connectivity index (χ2n) is 5.10. The van der Waals surface area contributed by atoms with E-state index in [0.717, 1.165) is 27.6 Å². The zero-order valence-corrected chi connectivity index (χ0v) is 13.4. The summed E-state index contributed by atoms with van der Waals surface area (Å²) in [5.74, 6) is 1.74. The number of benzene rings is 2. The van der Waals surface area contributed by atoms with Gasteiger partial charge in [0.05, 0.1) is 5.56 Å². The van der Waals surface area contributed by atoms with Gasteiger partial charge in [-0.2, -0.15) is 0 Å². The number of carbonyl (C=O) groups is 1. The van der Waals surface area contributed by atoms with Crippen molar-refractivity contribution in [2.75, 3.05) is 0 Å². The van der Waals surface area contributed by atoms with Crippen LogP contribution in [0.4, 0.5) is 0 Å². The Bertz CT molecular complexity index is 633. The Morgan fingerprint density at radius 2 is 1.85 bits per heavy atom. The maximum Gasteiger partial charge on any atom is 0.153 e. The summed E-state index contributed by atoms with van der Waals surface area (Å²) >= 11 is 3.40. The summed E-state index contributed by atoms with van der Waals surface area (Å²) in [5, 5.41) is 0. The largest absolute Gasteiger partial charge is 0.456 e. The summed E-state index contributed by atoms with van der Waals surface area (Å²) in [4.78, 5) is 11.1. The molecular weight excluding hydrogens is 316 g/mol. The number of rotatable bonds is 4. The molecule has 0 heterocycles. The van der Waals surface area contributed by atoms with E-state index in [1.807, 2.05) is 25.1 Å². The number of hydrogen-bond donors (Lipinski definition) is 0. The smallest absolute Gasteiger partial charge is 0.153 e. The molecule has 0 radical (unpaired) electrons. The molecule has 0 aromatic heterocycles. The molecule has 3 heteroatoms. The highest BCUT2D eigenvalue weighted by molar-refractivity contribution is 9.10. The maximum atomic E-state index is 11.1. The van der Waals surface area contributed by atoms with Crippen LogP contribution >= 0.6 is 15.9 Å². The van der Waals surface area contributed by atoms with Crippen LogP contribution in [0.5, 0.6) is 11.5 Å². The number of halogens is 1. The first-order valence-corrected chi connectivity index (χ1v) is 7.33. The summed E-state index contributed by atoms with van der Waals surface area (Å²) in [7, 11) is 0. The van der Waals surface area contributed by atoms with Gasteiger partial charge in [-0.25, -0.2) is 0 Å². The minimum Gasteiger partial charge on any atom is -0.456 e. The lowest BCUT2D eigenvalue weighted by atomic mass is 10.0. The van der Waals surface area contributed by atoms with Crippen LogP contribution in [0.3, 0.4) is 0 Å². The van der Waals surface area contributed by atoms with Crippen LogP contribution in [-0.2, 0) is 0 Å². The van der Waals surface area contributed by atoms with E-state index in [-0.39, 0.29) is 0 Å². The SMILES string of the molecule is Cc1ccc(C(C)C)c(Oc2cc(Br)ccc2C=O)c1.